The van der Waals surface area contributed by atoms with Crippen LogP contribution in [-0.4, -0.2) is 33.3 Å². The summed E-state index contributed by atoms with van der Waals surface area (Å²) in [5.41, 5.74) is 2.85. The lowest BCUT2D eigenvalue weighted by atomic mass is 10.1. The zero-order chi connectivity index (χ0) is 18.7. The van der Waals surface area contributed by atoms with Gasteiger partial charge in [-0.15, -0.1) is 0 Å². The van der Waals surface area contributed by atoms with Crippen molar-refractivity contribution in [2.75, 3.05) is 24.3 Å². The highest BCUT2D eigenvalue weighted by molar-refractivity contribution is 7.91. The number of carbonyl (C=O) groups is 1. The van der Waals surface area contributed by atoms with Gasteiger partial charge in [0.05, 0.1) is 10.6 Å². The fraction of sp³-hybridized carbons (Fsp3) is 0.316. The zero-order valence-electron chi connectivity index (χ0n) is 14.7. The zero-order valence-corrected chi connectivity index (χ0v) is 15.6. The Labute approximate surface area is 153 Å². The Balaban J connectivity index is 1.64. The molecule has 0 spiro atoms. The summed E-state index contributed by atoms with van der Waals surface area (Å²) in [6.45, 7) is 4.77. The molecule has 1 aliphatic heterocycles. The number of aryl methyl sites for hydroxylation is 2. The van der Waals surface area contributed by atoms with Crippen LogP contribution in [0.25, 0.3) is 0 Å². The summed E-state index contributed by atoms with van der Waals surface area (Å²) in [6.07, 6.45) is -0.121. The van der Waals surface area contributed by atoms with Crippen molar-refractivity contribution in [1.29, 1.82) is 0 Å². The van der Waals surface area contributed by atoms with E-state index in [2.05, 4.69) is 5.32 Å². The number of amides is 1. The number of hydrogen-bond donors (Lipinski definition) is 1. The first kappa shape index (κ1) is 18.3. The molecule has 0 saturated carbocycles. The van der Waals surface area contributed by atoms with E-state index in [0.29, 0.717) is 30.4 Å². The summed E-state index contributed by atoms with van der Waals surface area (Å²) in [4.78, 5) is 12.2. The highest BCUT2D eigenvalue weighted by Gasteiger charge is 2.20. The standard InChI is InChI=1S/C19H21NO5S/c1-13-3-4-15(11-14(13)2)20-19(21)7-10-26(22,23)16-5-6-17-18(12-16)25-9-8-24-17/h3-6,11-12H,7-10H2,1-2H3,(H,20,21). The van der Waals surface area contributed by atoms with Crippen molar-refractivity contribution in [3.05, 3.63) is 47.5 Å². The molecule has 2 aromatic carbocycles. The van der Waals surface area contributed by atoms with Gasteiger partial charge in [0.25, 0.3) is 0 Å². The van der Waals surface area contributed by atoms with Gasteiger partial charge in [-0.05, 0) is 49.2 Å². The summed E-state index contributed by atoms with van der Waals surface area (Å²) in [5.74, 6) is 0.331. The Morgan fingerprint density at radius 3 is 2.46 bits per heavy atom. The number of nitrogens with one attached hydrogen (secondary N) is 1. The first-order valence-corrected chi connectivity index (χ1v) is 10.00. The number of hydrogen-bond acceptors (Lipinski definition) is 5. The maximum atomic E-state index is 12.5. The molecule has 6 nitrogen and oxygen atoms in total. The first-order valence-electron chi connectivity index (χ1n) is 8.35. The number of fused-ring (bicyclic) bond motifs is 1. The molecular formula is C19H21NO5S. The molecule has 26 heavy (non-hydrogen) atoms. The predicted octanol–water partition coefficient (Wildman–Crippen LogP) is 2.88. The maximum absolute atomic E-state index is 12.5. The lowest BCUT2D eigenvalue weighted by molar-refractivity contribution is -0.115. The minimum Gasteiger partial charge on any atom is -0.486 e. The summed E-state index contributed by atoms with van der Waals surface area (Å²) in [5, 5.41) is 2.74. The van der Waals surface area contributed by atoms with Crippen molar-refractivity contribution in [2.45, 2.75) is 25.2 Å². The van der Waals surface area contributed by atoms with Crippen LogP contribution in [0.4, 0.5) is 5.69 Å². The van der Waals surface area contributed by atoms with E-state index >= 15 is 0 Å². The van der Waals surface area contributed by atoms with Crippen LogP contribution in [0, 0.1) is 13.8 Å². The van der Waals surface area contributed by atoms with Gasteiger partial charge in [-0.1, -0.05) is 6.07 Å². The van der Waals surface area contributed by atoms with Crippen molar-refractivity contribution < 1.29 is 22.7 Å². The SMILES string of the molecule is Cc1ccc(NC(=O)CCS(=O)(=O)c2ccc3c(c2)OCCO3)cc1C. The lowest BCUT2D eigenvalue weighted by Crippen LogP contribution is -2.18. The van der Waals surface area contributed by atoms with Gasteiger partial charge in [-0.3, -0.25) is 4.79 Å². The molecule has 1 N–H and O–H groups in total. The average molecular weight is 375 g/mol. The van der Waals surface area contributed by atoms with Crippen molar-refractivity contribution in [3.63, 3.8) is 0 Å². The van der Waals surface area contributed by atoms with Gasteiger partial charge in [0.2, 0.25) is 5.91 Å². The summed E-state index contributed by atoms with van der Waals surface area (Å²) < 4.78 is 35.8. The number of rotatable bonds is 5. The van der Waals surface area contributed by atoms with E-state index < -0.39 is 9.84 Å². The molecule has 2 aromatic rings. The summed E-state index contributed by atoms with van der Waals surface area (Å²) in [6, 6.07) is 10.1. The number of anilines is 1. The highest BCUT2D eigenvalue weighted by atomic mass is 32.2. The fourth-order valence-corrected chi connectivity index (χ4v) is 3.86. The molecule has 0 fully saturated rings. The molecule has 3 rings (SSSR count). The Kier molecular flexibility index (Phi) is 5.18. The van der Waals surface area contributed by atoms with E-state index in [-0.39, 0.29) is 23.0 Å². The second-order valence-electron chi connectivity index (χ2n) is 6.22. The van der Waals surface area contributed by atoms with E-state index in [1.165, 1.54) is 12.1 Å². The topological polar surface area (TPSA) is 81.7 Å². The summed E-state index contributed by atoms with van der Waals surface area (Å²) >= 11 is 0. The Morgan fingerprint density at radius 2 is 1.73 bits per heavy atom. The lowest BCUT2D eigenvalue weighted by Gasteiger charge is -2.18. The molecule has 0 radical (unpaired) electrons. The smallest absolute Gasteiger partial charge is 0.225 e. The molecule has 0 atom stereocenters. The maximum Gasteiger partial charge on any atom is 0.225 e. The van der Waals surface area contributed by atoms with Gasteiger partial charge in [0.15, 0.2) is 21.3 Å². The number of carbonyl (C=O) groups excluding carboxylic acids is 1. The average Bonchev–Trinajstić information content (AvgIpc) is 2.63. The Hall–Kier alpha value is -2.54. The van der Waals surface area contributed by atoms with Gasteiger partial charge < -0.3 is 14.8 Å². The van der Waals surface area contributed by atoms with Crippen molar-refractivity contribution >= 4 is 21.4 Å². The molecular weight excluding hydrogens is 354 g/mol. The molecule has 0 unspecified atom stereocenters. The van der Waals surface area contributed by atoms with Crippen LogP contribution in [0.2, 0.25) is 0 Å². The predicted molar refractivity (Wildman–Crippen MR) is 98.6 cm³/mol. The second kappa shape index (κ2) is 7.37. The van der Waals surface area contributed by atoms with Gasteiger partial charge in [-0.2, -0.15) is 0 Å². The van der Waals surface area contributed by atoms with E-state index in [1.807, 2.05) is 26.0 Å². The third-order valence-electron chi connectivity index (χ3n) is 4.26. The molecule has 138 valence electrons. The van der Waals surface area contributed by atoms with Crippen LogP contribution in [0.15, 0.2) is 41.3 Å². The number of ether oxygens (including phenoxy) is 2. The van der Waals surface area contributed by atoms with Gasteiger partial charge >= 0.3 is 0 Å². The molecule has 0 aliphatic carbocycles. The van der Waals surface area contributed by atoms with Crippen molar-refractivity contribution in [2.24, 2.45) is 0 Å². The van der Waals surface area contributed by atoms with E-state index in [4.69, 9.17) is 9.47 Å². The monoisotopic (exact) mass is 375 g/mol. The van der Waals surface area contributed by atoms with Crippen LogP contribution in [-0.2, 0) is 14.6 Å². The summed E-state index contributed by atoms with van der Waals surface area (Å²) in [7, 11) is -3.59. The van der Waals surface area contributed by atoms with Crippen LogP contribution in [0.5, 0.6) is 11.5 Å². The van der Waals surface area contributed by atoms with Crippen molar-refractivity contribution in [1.82, 2.24) is 0 Å². The molecule has 0 saturated heterocycles. The number of sulfone groups is 1. The molecule has 0 aromatic heterocycles. The van der Waals surface area contributed by atoms with Gasteiger partial charge in [0.1, 0.15) is 13.2 Å². The van der Waals surface area contributed by atoms with Gasteiger partial charge in [0, 0.05) is 18.2 Å². The Morgan fingerprint density at radius 1 is 1.00 bits per heavy atom. The normalized spacial score (nSPS) is 13.3. The third-order valence-corrected chi connectivity index (χ3v) is 5.98. The van der Waals surface area contributed by atoms with E-state index in [0.717, 1.165) is 11.1 Å². The van der Waals surface area contributed by atoms with Crippen LogP contribution in [0.3, 0.4) is 0 Å². The Bertz CT molecular complexity index is 937. The molecule has 7 heteroatoms. The van der Waals surface area contributed by atoms with E-state index in [1.54, 1.807) is 12.1 Å². The molecule has 0 bridgehead atoms. The molecule has 1 heterocycles. The third kappa shape index (κ3) is 4.16. The van der Waals surface area contributed by atoms with Crippen molar-refractivity contribution in [3.8, 4) is 11.5 Å². The van der Waals surface area contributed by atoms with E-state index in [9.17, 15) is 13.2 Å². The molecule has 1 aliphatic rings. The van der Waals surface area contributed by atoms with Crippen LogP contribution in [0.1, 0.15) is 17.5 Å². The minimum absolute atomic E-state index is 0.121. The van der Waals surface area contributed by atoms with Crippen LogP contribution >= 0.6 is 0 Å². The first-order chi connectivity index (χ1) is 12.3. The second-order valence-corrected chi connectivity index (χ2v) is 8.33. The highest BCUT2D eigenvalue weighted by Crippen LogP contribution is 2.32. The quantitative estimate of drug-likeness (QED) is 0.869. The van der Waals surface area contributed by atoms with Gasteiger partial charge in [-0.25, -0.2) is 8.42 Å². The fourth-order valence-electron chi connectivity index (χ4n) is 2.60. The minimum atomic E-state index is -3.59. The number of benzene rings is 2. The molecule has 1 amide bonds. The largest absolute Gasteiger partial charge is 0.486 e. The van der Waals surface area contributed by atoms with Crippen LogP contribution < -0.4 is 14.8 Å².